The van der Waals surface area contributed by atoms with E-state index in [1.807, 2.05) is 0 Å². The summed E-state index contributed by atoms with van der Waals surface area (Å²) in [5.74, 6) is -0.654. The summed E-state index contributed by atoms with van der Waals surface area (Å²) in [5.41, 5.74) is -1.49. The third-order valence-corrected chi connectivity index (χ3v) is 4.87. The van der Waals surface area contributed by atoms with E-state index in [-0.39, 0.29) is 17.7 Å². The monoisotopic (exact) mass is 301 g/mol. The first kappa shape index (κ1) is 16.5. The quantitative estimate of drug-likeness (QED) is 0.798. The van der Waals surface area contributed by atoms with Gasteiger partial charge in [0.15, 0.2) is 0 Å². The molecule has 0 aliphatic carbocycles. The first-order valence-corrected chi connectivity index (χ1v) is 7.71. The number of methoxy groups -OCH3 is 1. The summed E-state index contributed by atoms with van der Waals surface area (Å²) in [6.07, 6.45) is 0.322. The molecule has 0 aliphatic rings. The fourth-order valence-electron chi connectivity index (χ4n) is 1.81. The molecular formula is C13H19NO5S. The number of ether oxygens (including phenoxy) is 1. The predicted octanol–water partition coefficient (Wildman–Crippen LogP) is 1.62. The van der Waals surface area contributed by atoms with Gasteiger partial charge in [-0.3, -0.25) is 4.79 Å². The molecule has 0 radical (unpaired) electrons. The van der Waals surface area contributed by atoms with Crippen LogP contribution in [0.1, 0.15) is 26.7 Å². The van der Waals surface area contributed by atoms with Crippen LogP contribution in [-0.4, -0.2) is 32.1 Å². The van der Waals surface area contributed by atoms with Gasteiger partial charge in [0, 0.05) is 0 Å². The molecule has 1 aromatic rings. The van der Waals surface area contributed by atoms with Crippen LogP contribution in [-0.2, 0) is 14.8 Å². The lowest BCUT2D eigenvalue weighted by atomic mass is 9.95. The summed E-state index contributed by atoms with van der Waals surface area (Å²) in [5, 5.41) is 9.27. The highest BCUT2D eigenvalue weighted by Gasteiger charge is 2.39. The van der Waals surface area contributed by atoms with E-state index in [4.69, 9.17) is 4.74 Å². The molecule has 0 saturated carbocycles. The Morgan fingerprint density at radius 2 is 1.75 bits per heavy atom. The Morgan fingerprint density at radius 3 is 2.10 bits per heavy atom. The minimum atomic E-state index is -3.90. The molecule has 0 amide bonds. The van der Waals surface area contributed by atoms with Gasteiger partial charge in [-0.25, -0.2) is 8.42 Å². The minimum absolute atomic E-state index is 0.00539. The van der Waals surface area contributed by atoms with Gasteiger partial charge in [-0.2, -0.15) is 4.72 Å². The first-order valence-electron chi connectivity index (χ1n) is 6.22. The Balaban J connectivity index is 3.12. The lowest BCUT2D eigenvalue weighted by molar-refractivity contribution is -0.144. The van der Waals surface area contributed by atoms with Crippen LogP contribution >= 0.6 is 0 Å². The lowest BCUT2D eigenvalue weighted by Gasteiger charge is -2.27. The molecular weight excluding hydrogens is 282 g/mol. The molecule has 20 heavy (non-hydrogen) atoms. The van der Waals surface area contributed by atoms with Crippen LogP contribution in [0.2, 0.25) is 0 Å². The zero-order chi connectivity index (χ0) is 15.4. The number of aliphatic carboxylic acids is 1. The molecule has 0 aliphatic heterocycles. The Hall–Kier alpha value is -1.60. The van der Waals surface area contributed by atoms with Crippen molar-refractivity contribution >= 4 is 16.0 Å². The standard InChI is InChI=1S/C13H19NO5S/c1-4-13(5-2,12(15)16)14-20(17,18)11-8-6-10(19-3)7-9-11/h6-9,14H,4-5H2,1-3H3,(H,15,16). The van der Waals surface area contributed by atoms with Crippen LogP contribution in [0.15, 0.2) is 29.2 Å². The smallest absolute Gasteiger partial charge is 0.324 e. The van der Waals surface area contributed by atoms with E-state index in [2.05, 4.69) is 4.72 Å². The highest BCUT2D eigenvalue weighted by molar-refractivity contribution is 7.89. The fraction of sp³-hybridized carbons (Fsp3) is 0.462. The summed E-state index contributed by atoms with van der Waals surface area (Å²) in [6, 6.07) is 5.77. The second kappa shape index (κ2) is 6.23. The maximum absolute atomic E-state index is 12.3. The molecule has 6 nitrogen and oxygen atoms in total. The number of hydrogen-bond acceptors (Lipinski definition) is 4. The van der Waals surface area contributed by atoms with Crippen LogP contribution in [0.25, 0.3) is 0 Å². The van der Waals surface area contributed by atoms with Crippen molar-refractivity contribution in [2.24, 2.45) is 0 Å². The largest absolute Gasteiger partial charge is 0.497 e. The maximum atomic E-state index is 12.3. The summed E-state index contributed by atoms with van der Waals surface area (Å²) < 4.78 is 31.8. The molecule has 0 aromatic heterocycles. The van der Waals surface area contributed by atoms with Crippen molar-refractivity contribution in [1.29, 1.82) is 0 Å². The zero-order valence-corrected chi connectivity index (χ0v) is 12.5. The van der Waals surface area contributed by atoms with E-state index in [1.54, 1.807) is 13.8 Å². The van der Waals surface area contributed by atoms with Gasteiger partial charge in [-0.1, -0.05) is 13.8 Å². The number of nitrogens with one attached hydrogen (secondary N) is 1. The van der Waals surface area contributed by atoms with E-state index in [1.165, 1.54) is 31.4 Å². The van der Waals surface area contributed by atoms with E-state index < -0.39 is 21.5 Å². The second-order valence-electron chi connectivity index (χ2n) is 4.38. The summed E-state index contributed by atoms with van der Waals surface area (Å²) in [4.78, 5) is 11.4. The van der Waals surface area contributed by atoms with Crippen molar-refractivity contribution < 1.29 is 23.1 Å². The summed E-state index contributed by atoms with van der Waals surface area (Å²) in [6.45, 7) is 3.27. The molecule has 1 aromatic carbocycles. The minimum Gasteiger partial charge on any atom is -0.497 e. The fourth-order valence-corrected chi connectivity index (χ4v) is 3.31. The van der Waals surface area contributed by atoms with Crippen molar-refractivity contribution in [1.82, 2.24) is 4.72 Å². The van der Waals surface area contributed by atoms with Gasteiger partial charge < -0.3 is 9.84 Å². The number of rotatable bonds is 7. The van der Waals surface area contributed by atoms with E-state index in [0.717, 1.165) is 0 Å². The topological polar surface area (TPSA) is 92.7 Å². The molecule has 0 fully saturated rings. The van der Waals surface area contributed by atoms with Gasteiger partial charge >= 0.3 is 5.97 Å². The van der Waals surface area contributed by atoms with Gasteiger partial charge in [-0.15, -0.1) is 0 Å². The number of carboxylic acids is 1. The van der Waals surface area contributed by atoms with E-state index in [0.29, 0.717) is 5.75 Å². The van der Waals surface area contributed by atoms with Gasteiger partial charge in [0.2, 0.25) is 10.0 Å². The number of benzene rings is 1. The van der Waals surface area contributed by atoms with Crippen molar-refractivity contribution in [3.63, 3.8) is 0 Å². The number of sulfonamides is 1. The summed E-state index contributed by atoms with van der Waals surface area (Å²) >= 11 is 0. The zero-order valence-electron chi connectivity index (χ0n) is 11.7. The SMILES string of the molecule is CCC(CC)(NS(=O)(=O)c1ccc(OC)cc1)C(=O)O. The molecule has 0 spiro atoms. The van der Waals surface area contributed by atoms with Crippen LogP contribution in [0.3, 0.4) is 0 Å². The highest BCUT2D eigenvalue weighted by Crippen LogP contribution is 2.21. The Labute approximate surface area is 118 Å². The van der Waals surface area contributed by atoms with Gasteiger partial charge in [0.1, 0.15) is 11.3 Å². The second-order valence-corrected chi connectivity index (χ2v) is 6.06. The lowest BCUT2D eigenvalue weighted by Crippen LogP contribution is -2.53. The molecule has 1 rings (SSSR count). The molecule has 2 N–H and O–H groups in total. The van der Waals surface area contributed by atoms with Gasteiger partial charge in [0.25, 0.3) is 0 Å². The van der Waals surface area contributed by atoms with Crippen LogP contribution in [0.4, 0.5) is 0 Å². The van der Waals surface area contributed by atoms with Crippen molar-refractivity contribution in [3.05, 3.63) is 24.3 Å². The Bertz CT molecular complexity index is 561. The van der Waals surface area contributed by atoms with E-state index >= 15 is 0 Å². The Kier molecular flexibility index (Phi) is 5.13. The maximum Gasteiger partial charge on any atom is 0.324 e. The number of hydrogen-bond donors (Lipinski definition) is 2. The van der Waals surface area contributed by atoms with Crippen LogP contribution in [0, 0.1) is 0 Å². The van der Waals surface area contributed by atoms with Crippen molar-refractivity contribution in [2.45, 2.75) is 37.1 Å². The van der Waals surface area contributed by atoms with Crippen molar-refractivity contribution in [2.75, 3.05) is 7.11 Å². The molecule has 0 heterocycles. The Morgan fingerprint density at radius 1 is 1.25 bits per heavy atom. The van der Waals surface area contributed by atoms with E-state index in [9.17, 15) is 18.3 Å². The predicted molar refractivity (Wildman–Crippen MR) is 74.3 cm³/mol. The normalized spacial score (nSPS) is 12.2. The van der Waals surface area contributed by atoms with Gasteiger partial charge in [-0.05, 0) is 37.1 Å². The third kappa shape index (κ3) is 3.29. The molecule has 112 valence electrons. The first-order chi connectivity index (χ1) is 9.31. The molecule has 0 saturated heterocycles. The van der Waals surface area contributed by atoms with Gasteiger partial charge in [0.05, 0.1) is 12.0 Å². The highest BCUT2D eigenvalue weighted by atomic mass is 32.2. The number of carbonyl (C=O) groups is 1. The van der Waals surface area contributed by atoms with Crippen molar-refractivity contribution in [3.8, 4) is 5.75 Å². The van der Waals surface area contributed by atoms with Crippen LogP contribution < -0.4 is 9.46 Å². The average Bonchev–Trinajstić information content (AvgIpc) is 2.44. The molecule has 0 atom stereocenters. The molecule has 0 unspecified atom stereocenters. The van der Waals surface area contributed by atoms with Crippen LogP contribution in [0.5, 0.6) is 5.75 Å². The molecule has 0 bridgehead atoms. The molecule has 7 heteroatoms. The third-order valence-electron chi connectivity index (χ3n) is 3.32. The average molecular weight is 301 g/mol. The number of carboxylic acid groups (broad SMARTS) is 1. The summed E-state index contributed by atoms with van der Waals surface area (Å²) in [7, 11) is -2.42.